The Kier molecular flexibility index (Phi) is 6.61. The fraction of sp³-hybridized carbons (Fsp3) is 0.208. The number of fused-ring (bicyclic) bond motifs is 1. The van der Waals surface area contributed by atoms with E-state index in [4.69, 9.17) is 9.47 Å². The molecule has 0 saturated carbocycles. The molecule has 1 saturated heterocycles. The molecule has 1 aromatic heterocycles. The van der Waals surface area contributed by atoms with Crippen LogP contribution in [0.5, 0.6) is 5.75 Å². The lowest BCUT2D eigenvalue weighted by molar-refractivity contribution is -0.143. The Hall–Kier alpha value is -3.52. The zero-order valence-corrected chi connectivity index (χ0v) is 18.6. The summed E-state index contributed by atoms with van der Waals surface area (Å²) in [6.45, 7) is 4.76. The first-order valence-corrected chi connectivity index (χ1v) is 11.1. The molecule has 32 heavy (non-hydrogen) atoms. The van der Waals surface area contributed by atoms with Gasteiger partial charge in [-0.3, -0.25) is 9.59 Å². The highest BCUT2D eigenvalue weighted by Gasteiger charge is 2.24. The van der Waals surface area contributed by atoms with Gasteiger partial charge in [-0.2, -0.15) is 0 Å². The minimum atomic E-state index is -0.301. The summed E-state index contributed by atoms with van der Waals surface area (Å²) in [5.41, 5.74) is 2.48. The monoisotopic (exact) mass is 449 g/mol. The van der Waals surface area contributed by atoms with Crippen molar-refractivity contribution in [2.75, 3.05) is 13.2 Å². The van der Waals surface area contributed by atoms with Gasteiger partial charge in [0, 0.05) is 22.7 Å². The Balaban J connectivity index is 1.58. The molecule has 0 aliphatic carbocycles. The molecule has 0 bridgehead atoms. The van der Waals surface area contributed by atoms with E-state index in [9.17, 15) is 9.59 Å². The maximum Gasteiger partial charge on any atom is 0.325 e. The van der Waals surface area contributed by atoms with E-state index in [2.05, 4.69) is 10.3 Å². The van der Waals surface area contributed by atoms with E-state index < -0.39 is 0 Å². The minimum Gasteiger partial charge on any atom is -0.494 e. The number of benzene rings is 2. The highest BCUT2D eigenvalue weighted by atomic mass is 32.2. The summed E-state index contributed by atoms with van der Waals surface area (Å²) >= 11 is 1.28. The van der Waals surface area contributed by atoms with Gasteiger partial charge in [-0.15, -0.1) is 0 Å². The predicted octanol–water partition coefficient (Wildman–Crippen LogP) is 4.49. The number of rotatable bonds is 7. The number of carbonyl (C=O) groups is 2. The molecule has 1 fully saturated rings. The lowest BCUT2D eigenvalue weighted by Gasteiger charge is -2.04. The first-order chi connectivity index (χ1) is 15.6. The highest BCUT2D eigenvalue weighted by Crippen LogP contribution is 2.31. The van der Waals surface area contributed by atoms with Crippen LogP contribution in [-0.4, -0.2) is 34.8 Å². The molecule has 0 radical (unpaired) electrons. The highest BCUT2D eigenvalue weighted by molar-refractivity contribution is 8.18. The number of hydrogen-bond donors (Lipinski definition) is 1. The van der Waals surface area contributed by atoms with Crippen molar-refractivity contribution >= 4 is 51.5 Å². The standard InChI is InChI=1S/C24H23N3O4S/c1-3-30-18-11-9-17(10-12-18)25-24-26-23(29)21(32-24)13-16-14-27(15-22(28)31-4-2)20-8-6-5-7-19(16)20/h5-14H,3-4,15H2,1-2H3,(H,25,26,29)/b21-13+. The molecule has 1 amide bonds. The Bertz CT molecular complexity index is 1210. The van der Waals surface area contributed by atoms with Gasteiger partial charge < -0.3 is 19.4 Å². The quantitative estimate of drug-likeness (QED) is 0.424. The number of nitrogens with zero attached hydrogens (tertiary/aromatic N) is 2. The molecule has 8 heteroatoms. The van der Waals surface area contributed by atoms with Crippen molar-refractivity contribution in [3.8, 4) is 5.75 Å². The summed E-state index contributed by atoms with van der Waals surface area (Å²) in [4.78, 5) is 29.6. The number of hydrogen-bond acceptors (Lipinski definition) is 6. The lowest BCUT2D eigenvalue weighted by atomic mass is 10.1. The zero-order valence-electron chi connectivity index (χ0n) is 17.8. The van der Waals surface area contributed by atoms with Gasteiger partial charge in [-0.25, -0.2) is 4.99 Å². The summed E-state index contributed by atoms with van der Waals surface area (Å²) in [6, 6.07) is 15.1. The number of amides is 1. The number of amidine groups is 1. The van der Waals surface area contributed by atoms with Crippen LogP contribution in [0.2, 0.25) is 0 Å². The van der Waals surface area contributed by atoms with E-state index >= 15 is 0 Å². The first-order valence-electron chi connectivity index (χ1n) is 10.3. The van der Waals surface area contributed by atoms with Crippen LogP contribution in [0.4, 0.5) is 5.69 Å². The fourth-order valence-corrected chi connectivity index (χ4v) is 4.22. The number of ether oxygens (including phenoxy) is 2. The van der Waals surface area contributed by atoms with Crippen LogP contribution in [0.15, 0.2) is 64.6 Å². The molecule has 3 aromatic rings. The number of aromatic nitrogens is 1. The lowest BCUT2D eigenvalue weighted by Crippen LogP contribution is -2.19. The van der Waals surface area contributed by atoms with E-state index in [0.717, 1.165) is 27.9 Å². The SMILES string of the molecule is CCOC(=O)Cn1cc(/C=C2/SC(=Nc3ccc(OCC)cc3)NC2=O)c2ccccc21. The van der Waals surface area contributed by atoms with Crippen LogP contribution in [0.3, 0.4) is 0 Å². The number of esters is 1. The zero-order chi connectivity index (χ0) is 22.5. The van der Waals surface area contributed by atoms with Crippen molar-refractivity contribution in [3.63, 3.8) is 0 Å². The Morgan fingerprint density at radius 3 is 2.66 bits per heavy atom. The molecule has 0 unspecified atom stereocenters. The summed E-state index contributed by atoms with van der Waals surface area (Å²) in [5, 5.41) is 4.28. The molecule has 4 rings (SSSR count). The molecule has 0 atom stereocenters. The van der Waals surface area contributed by atoms with Crippen molar-refractivity contribution in [1.29, 1.82) is 0 Å². The van der Waals surface area contributed by atoms with Crippen LogP contribution in [0.25, 0.3) is 17.0 Å². The van der Waals surface area contributed by atoms with Gasteiger partial charge in [-0.05, 0) is 62.0 Å². The van der Waals surface area contributed by atoms with Crippen molar-refractivity contribution in [2.45, 2.75) is 20.4 Å². The van der Waals surface area contributed by atoms with E-state index in [-0.39, 0.29) is 18.4 Å². The van der Waals surface area contributed by atoms with E-state index in [1.165, 1.54) is 11.8 Å². The molecule has 1 N–H and O–H groups in total. The smallest absolute Gasteiger partial charge is 0.325 e. The second-order valence-electron chi connectivity index (χ2n) is 6.94. The van der Waals surface area contributed by atoms with Crippen LogP contribution < -0.4 is 10.1 Å². The number of thioether (sulfide) groups is 1. The topological polar surface area (TPSA) is 81.9 Å². The van der Waals surface area contributed by atoms with Crippen molar-refractivity contribution in [3.05, 3.63) is 65.2 Å². The summed E-state index contributed by atoms with van der Waals surface area (Å²) in [5.74, 6) is 0.270. The van der Waals surface area contributed by atoms with Crippen LogP contribution in [0, 0.1) is 0 Å². The normalized spacial score (nSPS) is 16.0. The Morgan fingerprint density at radius 2 is 1.91 bits per heavy atom. The third-order valence-electron chi connectivity index (χ3n) is 4.74. The van der Waals surface area contributed by atoms with E-state index in [1.807, 2.05) is 72.3 Å². The average Bonchev–Trinajstić information content (AvgIpc) is 3.30. The molecular weight excluding hydrogens is 426 g/mol. The van der Waals surface area contributed by atoms with Crippen molar-refractivity contribution in [1.82, 2.24) is 9.88 Å². The molecular formula is C24H23N3O4S. The van der Waals surface area contributed by atoms with Gasteiger partial charge in [0.05, 0.1) is 23.8 Å². The van der Waals surface area contributed by atoms with Gasteiger partial charge in [-0.1, -0.05) is 18.2 Å². The van der Waals surface area contributed by atoms with Gasteiger partial charge in [0.25, 0.3) is 5.91 Å². The second-order valence-corrected chi connectivity index (χ2v) is 7.97. The molecule has 7 nitrogen and oxygen atoms in total. The Labute approximate surface area is 190 Å². The summed E-state index contributed by atoms with van der Waals surface area (Å²) in [7, 11) is 0. The molecule has 164 valence electrons. The molecule has 1 aliphatic heterocycles. The molecule has 0 spiro atoms. The van der Waals surface area contributed by atoms with Gasteiger partial charge in [0.15, 0.2) is 5.17 Å². The van der Waals surface area contributed by atoms with Crippen molar-refractivity contribution in [2.24, 2.45) is 4.99 Å². The van der Waals surface area contributed by atoms with Crippen LogP contribution in [0.1, 0.15) is 19.4 Å². The largest absolute Gasteiger partial charge is 0.494 e. The second kappa shape index (κ2) is 9.74. The number of nitrogens with one attached hydrogen (secondary N) is 1. The molecule has 2 heterocycles. The number of para-hydroxylation sites is 1. The van der Waals surface area contributed by atoms with Gasteiger partial charge >= 0.3 is 5.97 Å². The first kappa shape index (κ1) is 21.7. The van der Waals surface area contributed by atoms with Gasteiger partial charge in [0.2, 0.25) is 0 Å². The third kappa shape index (κ3) is 4.86. The Morgan fingerprint density at radius 1 is 1.12 bits per heavy atom. The maximum atomic E-state index is 12.5. The number of carbonyl (C=O) groups excluding carboxylic acids is 2. The predicted molar refractivity (Wildman–Crippen MR) is 127 cm³/mol. The fourth-order valence-electron chi connectivity index (χ4n) is 3.39. The van der Waals surface area contributed by atoms with E-state index in [1.54, 1.807) is 6.92 Å². The molecule has 1 aliphatic rings. The number of aliphatic imine (C=N–C) groups is 1. The maximum absolute atomic E-state index is 12.5. The van der Waals surface area contributed by atoms with Crippen LogP contribution >= 0.6 is 11.8 Å². The minimum absolute atomic E-state index is 0.112. The summed E-state index contributed by atoms with van der Waals surface area (Å²) < 4.78 is 12.4. The average molecular weight is 450 g/mol. The van der Waals surface area contributed by atoms with Crippen molar-refractivity contribution < 1.29 is 19.1 Å². The third-order valence-corrected chi connectivity index (χ3v) is 5.65. The summed E-state index contributed by atoms with van der Waals surface area (Å²) in [6.07, 6.45) is 3.69. The van der Waals surface area contributed by atoms with Crippen LogP contribution in [-0.2, 0) is 20.9 Å². The van der Waals surface area contributed by atoms with Gasteiger partial charge in [0.1, 0.15) is 12.3 Å². The molecule has 2 aromatic carbocycles. The van der Waals surface area contributed by atoms with E-state index in [0.29, 0.717) is 23.3 Å².